The second-order valence-electron chi connectivity index (χ2n) is 3.22. The van der Waals surface area contributed by atoms with Crippen LogP contribution in [0.25, 0.3) is 0 Å². The summed E-state index contributed by atoms with van der Waals surface area (Å²) in [6.45, 7) is 3.24. The Balaban J connectivity index is 2.16. The predicted octanol–water partition coefficient (Wildman–Crippen LogP) is 1.54. The molecule has 0 spiro atoms. The van der Waals surface area contributed by atoms with Crippen LogP contribution in [0.15, 0.2) is 18.3 Å². The summed E-state index contributed by atoms with van der Waals surface area (Å²) in [4.78, 5) is 11.5. The number of rotatable bonds is 2. The van der Waals surface area contributed by atoms with Crippen molar-refractivity contribution >= 4 is 5.97 Å². The number of hydrogen-bond acceptors (Lipinski definition) is 2. The van der Waals surface area contributed by atoms with Gasteiger partial charge in [0.15, 0.2) is 0 Å². The van der Waals surface area contributed by atoms with E-state index in [0.29, 0.717) is 6.61 Å². The van der Waals surface area contributed by atoms with Gasteiger partial charge in [-0.2, -0.15) is 0 Å². The van der Waals surface area contributed by atoms with Gasteiger partial charge >= 0.3 is 5.97 Å². The molecule has 0 bridgehead atoms. The summed E-state index contributed by atoms with van der Waals surface area (Å²) in [6.07, 6.45) is 2.89. The number of aryl methyl sites for hydroxylation is 1. The first-order valence-electron chi connectivity index (χ1n) is 4.64. The molecule has 0 amide bonds. The highest BCUT2D eigenvalue weighted by Crippen LogP contribution is 2.29. The van der Waals surface area contributed by atoms with Crippen LogP contribution in [0.3, 0.4) is 0 Å². The molecule has 0 saturated heterocycles. The van der Waals surface area contributed by atoms with Gasteiger partial charge in [0.05, 0.1) is 12.5 Å². The van der Waals surface area contributed by atoms with Crippen molar-refractivity contribution in [3.8, 4) is 0 Å². The van der Waals surface area contributed by atoms with Crippen molar-refractivity contribution in [3.63, 3.8) is 0 Å². The smallest absolute Gasteiger partial charge is 0.315 e. The van der Waals surface area contributed by atoms with Crippen molar-refractivity contribution in [1.82, 2.24) is 4.57 Å². The quantitative estimate of drug-likeness (QED) is 0.645. The van der Waals surface area contributed by atoms with Gasteiger partial charge in [-0.05, 0) is 25.5 Å². The molecule has 1 aromatic rings. The van der Waals surface area contributed by atoms with Crippen LogP contribution in [0.4, 0.5) is 0 Å². The van der Waals surface area contributed by atoms with Crippen molar-refractivity contribution in [3.05, 3.63) is 24.0 Å². The molecule has 1 atom stereocenters. The molecule has 0 aromatic carbocycles. The highest BCUT2D eigenvalue weighted by molar-refractivity contribution is 5.78. The molecule has 3 nitrogen and oxygen atoms in total. The summed E-state index contributed by atoms with van der Waals surface area (Å²) < 4.78 is 7.11. The molecule has 70 valence electrons. The zero-order valence-corrected chi connectivity index (χ0v) is 7.69. The average Bonchev–Trinajstić information content (AvgIpc) is 2.62. The van der Waals surface area contributed by atoms with Gasteiger partial charge in [-0.25, -0.2) is 0 Å². The second-order valence-corrected chi connectivity index (χ2v) is 3.22. The van der Waals surface area contributed by atoms with Crippen molar-refractivity contribution in [2.75, 3.05) is 6.61 Å². The van der Waals surface area contributed by atoms with E-state index in [-0.39, 0.29) is 11.9 Å². The van der Waals surface area contributed by atoms with Gasteiger partial charge in [0.25, 0.3) is 0 Å². The van der Waals surface area contributed by atoms with Gasteiger partial charge in [-0.15, -0.1) is 0 Å². The standard InChI is InChI=1S/C10H13NO2/c1-2-13-10(12)8-5-7-11-6-3-4-9(8)11/h3-4,6,8H,2,5,7H2,1H3/t8-/m1/s1. The van der Waals surface area contributed by atoms with Gasteiger partial charge in [0.2, 0.25) is 0 Å². The lowest BCUT2D eigenvalue weighted by Gasteiger charge is -2.07. The van der Waals surface area contributed by atoms with Crippen LogP contribution in [0.5, 0.6) is 0 Å². The van der Waals surface area contributed by atoms with Gasteiger partial charge < -0.3 is 9.30 Å². The number of esters is 1. The molecular formula is C10H13NO2. The van der Waals surface area contributed by atoms with E-state index < -0.39 is 0 Å². The molecule has 3 heteroatoms. The van der Waals surface area contributed by atoms with Crippen molar-refractivity contribution in [2.45, 2.75) is 25.8 Å². The van der Waals surface area contributed by atoms with E-state index in [0.717, 1.165) is 18.7 Å². The van der Waals surface area contributed by atoms with Crippen LogP contribution < -0.4 is 0 Å². The highest BCUT2D eigenvalue weighted by atomic mass is 16.5. The van der Waals surface area contributed by atoms with Crippen LogP contribution in [0.2, 0.25) is 0 Å². The predicted molar refractivity (Wildman–Crippen MR) is 48.4 cm³/mol. The molecular weight excluding hydrogens is 166 g/mol. The summed E-state index contributed by atoms with van der Waals surface area (Å²) >= 11 is 0. The molecule has 0 radical (unpaired) electrons. The third-order valence-corrected chi connectivity index (χ3v) is 2.45. The van der Waals surface area contributed by atoms with E-state index in [1.165, 1.54) is 0 Å². The average molecular weight is 179 g/mol. The molecule has 1 aromatic heterocycles. The fraction of sp³-hybridized carbons (Fsp3) is 0.500. The zero-order chi connectivity index (χ0) is 9.26. The Morgan fingerprint density at radius 3 is 3.38 bits per heavy atom. The van der Waals surface area contributed by atoms with Crippen LogP contribution in [-0.2, 0) is 16.1 Å². The fourth-order valence-electron chi connectivity index (χ4n) is 1.84. The van der Waals surface area contributed by atoms with Gasteiger partial charge in [-0.3, -0.25) is 4.79 Å². The third-order valence-electron chi connectivity index (χ3n) is 2.45. The minimum Gasteiger partial charge on any atom is -0.465 e. The lowest BCUT2D eigenvalue weighted by Crippen LogP contribution is -2.13. The maximum atomic E-state index is 11.5. The molecule has 0 N–H and O–H groups in total. The molecule has 0 aliphatic carbocycles. The molecule has 0 fully saturated rings. The zero-order valence-electron chi connectivity index (χ0n) is 7.69. The fourth-order valence-corrected chi connectivity index (χ4v) is 1.84. The Kier molecular flexibility index (Phi) is 2.08. The summed E-state index contributed by atoms with van der Waals surface area (Å²) in [5.74, 6) is -0.116. The third kappa shape index (κ3) is 1.34. The number of carbonyl (C=O) groups excluding carboxylic acids is 1. The first-order valence-corrected chi connectivity index (χ1v) is 4.64. The van der Waals surface area contributed by atoms with Gasteiger partial charge in [0, 0.05) is 18.4 Å². The Morgan fingerprint density at radius 2 is 2.62 bits per heavy atom. The maximum Gasteiger partial charge on any atom is 0.315 e. The first kappa shape index (κ1) is 8.35. The number of hydrogen-bond donors (Lipinski definition) is 0. The van der Waals surface area contributed by atoms with E-state index in [1.807, 2.05) is 25.3 Å². The lowest BCUT2D eigenvalue weighted by molar-refractivity contribution is -0.144. The van der Waals surface area contributed by atoms with E-state index in [1.54, 1.807) is 0 Å². The molecule has 2 heterocycles. The Bertz CT molecular complexity index is 316. The number of ether oxygens (including phenoxy) is 1. The SMILES string of the molecule is CCOC(=O)[C@@H]1CCn2cccc21. The molecule has 1 aliphatic heterocycles. The van der Waals surface area contributed by atoms with E-state index >= 15 is 0 Å². The van der Waals surface area contributed by atoms with Crippen LogP contribution >= 0.6 is 0 Å². The minimum absolute atomic E-state index is 0.0325. The molecule has 0 unspecified atom stereocenters. The molecule has 13 heavy (non-hydrogen) atoms. The first-order chi connectivity index (χ1) is 6.33. The highest BCUT2D eigenvalue weighted by Gasteiger charge is 2.29. The lowest BCUT2D eigenvalue weighted by atomic mass is 10.1. The van der Waals surface area contributed by atoms with Gasteiger partial charge in [0.1, 0.15) is 0 Å². The van der Waals surface area contributed by atoms with Crippen LogP contribution in [0, 0.1) is 0 Å². The van der Waals surface area contributed by atoms with Crippen molar-refractivity contribution in [1.29, 1.82) is 0 Å². The van der Waals surface area contributed by atoms with Crippen molar-refractivity contribution < 1.29 is 9.53 Å². The minimum atomic E-state index is -0.0834. The van der Waals surface area contributed by atoms with Crippen LogP contribution in [-0.4, -0.2) is 17.1 Å². The summed E-state index contributed by atoms with van der Waals surface area (Å²) in [7, 11) is 0. The molecule has 0 saturated carbocycles. The largest absolute Gasteiger partial charge is 0.465 e. The Labute approximate surface area is 77.3 Å². The Hall–Kier alpha value is -1.25. The summed E-state index contributed by atoms with van der Waals surface area (Å²) in [5, 5.41) is 0. The van der Waals surface area contributed by atoms with E-state index in [2.05, 4.69) is 4.57 Å². The monoisotopic (exact) mass is 179 g/mol. The maximum absolute atomic E-state index is 11.5. The topological polar surface area (TPSA) is 31.2 Å². The molecule has 2 rings (SSSR count). The summed E-state index contributed by atoms with van der Waals surface area (Å²) in [5.41, 5.74) is 1.10. The number of aromatic nitrogens is 1. The van der Waals surface area contributed by atoms with Crippen molar-refractivity contribution in [2.24, 2.45) is 0 Å². The number of nitrogens with zero attached hydrogens (tertiary/aromatic N) is 1. The second kappa shape index (κ2) is 3.24. The number of carbonyl (C=O) groups is 1. The normalized spacial score (nSPS) is 19.9. The van der Waals surface area contributed by atoms with E-state index in [4.69, 9.17) is 4.74 Å². The Morgan fingerprint density at radius 1 is 1.77 bits per heavy atom. The number of fused-ring (bicyclic) bond motifs is 1. The van der Waals surface area contributed by atoms with E-state index in [9.17, 15) is 4.79 Å². The summed E-state index contributed by atoms with van der Waals surface area (Å²) in [6, 6.07) is 3.97. The molecule has 1 aliphatic rings. The van der Waals surface area contributed by atoms with Gasteiger partial charge in [-0.1, -0.05) is 0 Å². The van der Waals surface area contributed by atoms with Crippen LogP contribution in [0.1, 0.15) is 25.0 Å².